The van der Waals surface area contributed by atoms with Crippen LogP contribution in [0.1, 0.15) is 22.8 Å². The van der Waals surface area contributed by atoms with Gasteiger partial charge in [-0.25, -0.2) is 5.43 Å². The second-order valence-corrected chi connectivity index (χ2v) is 5.96. The van der Waals surface area contributed by atoms with Gasteiger partial charge in [-0.2, -0.15) is 5.10 Å². The van der Waals surface area contributed by atoms with Crippen molar-refractivity contribution in [2.75, 3.05) is 6.61 Å². The second kappa shape index (κ2) is 7.83. The molecule has 0 atom stereocenters. The monoisotopic (exact) mass is 381 g/mol. The molecular weight excluding hydrogens is 362 g/mol. The lowest BCUT2D eigenvalue weighted by Crippen LogP contribution is -2.30. The van der Waals surface area contributed by atoms with Crippen LogP contribution in [0, 0.1) is 0 Å². The van der Waals surface area contributed by atoms with Crippen molar-refractivity contribution >= 4 is 23.0 Å². The van der Waals surface area contributed by atoms with E-state index in [1.54, 1.807) is 43.3 Å². The zero-order valence-corrected chi connectivity index (χ0v) is 15.3. The molecule has 0 fully saturated rings. The van der Waals surface area contributed by atoms with Crippen LogP contribution < -0.4 is 15.7 Å². The number of rotatable bonds is 5. The molecule has 28 heavy (non-hydrogen) atoms. The number of carbonyl (C=O) groups excluding carboxylic acids is 1. The van der Waals surface area contributed by atoms with E-state index in [0.29, 0.717) is 28.8 Å². The molecule has 8 heteroatoms. The quantitative estimate of drug-likeness (QED) is 0.463. The predicted octanol–water partition coefficient (Wildman–Crippen LogP) is 2.11. The highest BCUT2D eigenvalue weighted by molar-refractivity contribution is 6.02. The molecule has 0 unspecified atom stereocenters. The molecular formula is C20H19N3O5. The maximum absolute atomic E-state index is 12.5. The number of phenolic OH excluding ortho intramolecular Hbond substituents is 1. The Bertz CT molecular complexity index is 1130. The Morgan fingerprint density at radius 2 is 2.00 bits per heavy atom. The highest BCUT2D eigenvalue weighted by Crippen LogP contribution is 2.27. The Morgan fingerprint density at radius 3 is 2.75 bits per heavy atom. The average molecular weight is 381 g/mol. The van der Waals surface area contributed by atoms with Gasteiger partial charge in [-0.3, -0.25) is 9.59 Å². The van der Waals surface area contributed by atoms with E-state index in [9.17, 15) is 19.8 Å². The number of aryl methyl sites for hydroxylation is 1. The van der Waals surface area contributed by atoms with Crippen molar-refractivity contribution in [1.82, 2.24) is 9.99 Å². The summed E-state index contributed by atoms with van der Waals surface area (Å²) >= 11 is 0. The third-order valence-corrected chi connectivity index (χ3v) is 4.17. The summed E-state index contributed by atoms with van der Waals surface area (Å²) in [5.74, 6) is -0.940. The summed E-state index contributed by atoms with van der Waals surface area (Å²) in [5.41, 5.74) is 2.30. The van der Waals surface area contributed by atoms with Gasteiger partial charge in [-0.1, -0.05) is 12.1 Å². The average Bonchev–Trinajstić information content (AvgIpc) is 2.69. The lowest BCUT2D eigenvalue weighted by Gasteiger charge is -2.10. The lowest BCUT2D eigenvalue weighted by atomic mass is 10.1. The summed E-state index contributed by atoms with van der Waals surface area (Å²) in [5, 5.41) is 24.3. The number of hydrogen-bond donors (Lipinski definition) is 3. The third kappa shape index (κ3) is 3.52. The van der Waals surface area contributed by atoms with E-state index in [1.165, 1.54) is 23.9 Å². The fraction of sp³-hybridized carbons (Fsp3) is 0.150. The van der Waals surface area contributed by atoms with Gasteiger partial charge < -0.3 is 19.5 Å². The van der Waals surface area contributed by atoms with Crippen LogP contribution in [0.2, 0.25) is 0 Å². The highest BCUT2D eigenvalue weighted by atomic mass is 16.5. The molecule has 8 nitrogen and oxygen atoms in total. The number of hydrogen-bond acceptors (Lipinski definition) is 6. The molecule has 0 radical (unpaired) electrons. The number of aromatic hydroxyl groups is 2. The number of nitrogens with one attached hydrogen (secondary N) is 1. The van der Waals surface area contributed by atoms with Gasteiger partial charge in [0.15, 0.2) is 11.5 Å². The van der Waals surface area contributed by atoms with Gasteiger partial charge in [0.25, 0.3) is 11.5 Å². The largest absolute Gasteiger partial charge is 0.506 e. The molecule has 0 spiro atoms. The molecule has 1 amide bonds. The van der Waals surface area contributed by atoms with Crippen LogP contribution in [0.25, 0.3) is 10.9 Å². The zero-order valence-electron chi connectivity index (χ0n) is 15.3. The molecule has 1 heterocycles. The van der Waals surface area contributed by atoms with Crippen molar-refractivity contribution in [3.8, 4) is 17.2 Å². The van der Waals surface area contributed by atoms with E-state index >= 15 is 0 Å². The molecule has 0 aliphatic carbocycles. The van der Waals surface area contributed by atoms with Crippen LogP contribution in [-0.2, 0) is 7.05 Å². The molecule has 1 aromatic heterocycles. The number of benzene rings is 2. The van der Waals surface area contributed by atoms with Gasteiger partial charge >= 0.3 is 0 Å². The number of hydrazone groups is 1. The number of aromatic nitrogens is 1. The molecule has 0 aliphatic heterocycles. The summed E-state index contributed by atoms with van der Waals surface area (Å²) in [6.45, 7) is 2.17. The van der Waals surface area contributed by atoms with Crippen molar-refractivity contribution in [2.45, 2.75) is 6.92 Å². The number of para-hydroxylation sites is 1. The minimum Gasteiger partial charge on any atom is -0.506 e. The van der Waals surface area contributed by atoms with Crippen molar-refractivity contribution in [3.05, 3.63) is 63.9 Å². The van der Waals surface area contributed by atoms with Crippen LogP contribution in [-0.4, -0.2) is 33.5 Å². The van der Waals surface area contributed by atoms with Crippen molar-refractivity contribution < 1.29 is 19.7 Å². The Hall–Kier alpha value is -3.81. The molecule has 144 valence electrons. The molecule has 0 saturated carbocycles. The van der Waals surface area contributed by atoms with E-state index in [1.807, 2.05) is 0 Å². The van der Waals surface area contributed by atoms with E-state index < -0.39 is 17.2 Å². The zero-order chi connectivity index (χ0) is 20.3. The summed E-state index contributed by atoms with van der Waals surface area (Å²) in [6.07, 6.45) is 1.34. The fourth-order valence-corrected chi connectivity index (χ4v) is 2.79. The topological polar surface area (TPSA) is 113 Å². The lowest BCUT2D eigenvalue weighted by molar-refractivity contribution is 0.0950. The van der Waals surface area contributed by atoms with Crippen LogP contribution in [0.15, 0.2) is 52.4 Å². The number of pyridine rings is 1. The van der Waals surface area contributed by atoms with Crippen LogP contribution in [0.4, 0.5) is 0 Å². The first kappa shape index (κ1) is 19.0. The van der Waals surface area contributed by atoms with Gasteiger partial charge in [-0.05, 0) is 42.8 Å². The Balaban J connectivity index is 1.87. The van der Waals surface area contributed by atoms with E-state index in [-0.39, 0.29) is 11.3 Å². The number of phenols is 1. The number of fused-ring (bicyclic) bond motifs is 1. The van der Waals surface area contributed by atoms with Gasteiger partial charge in [0, 0.05) is 12.4 Å². The first-order valence-corrected chi connectivity index (χ1v) is 8.54. The maximum atomic E-state index is 12.5. The minimum absolute atomic E-state index is 0.00683. The Kier molecular flexibility index (Phi) is 5.30. The minimum atomic E-state index is -0.830. The van der Waals surface area contributed by atoms with Crippen LogP contribution in [0.3, 0.4) is 0 Å². The van der Waals surface area contributed by atoms with E-state index in [2.05, 4.69) is 10.5 Å². The van der Waals surface area contributed by atoms with Crippen molar-refractivity contribution in [2.24, 2.45) is 12.1 Å². The van der Waals surface area contributed by atoms with Crippen molar-refractivity contribution in [1.29, 1.82) is 0 Å². The van der Waals surface area contributed by atoms with Gasteiger partial charge in [0.1, 0.15) is 11.3 Å². The molecule has 2 aromatic carbocycles. The molecule has 0 saturated heterocycles. The van der Waals surface area contributed by atoms with Crippen LogP contribution in [0.5, 0.6) is 17.2 Å². The summed E-state index contributed by atoms with van der Waals surface area (Å²) in [6, 6.07) is 11.3. The van der Waals surface area contributed by atoms with E-state index in [0.717, 1.165) is 0 Å². The maximum Gasteiger partial charge on any atom is 0.280 e. The summed E-state index contributed by atoms with van der Waals surface area (Å²) < 4.78 is 6.58. The Morgan fingerprint density at radius 1 is 1.25 bits per heavy atom. The first-order chi connectivity index (χ1) is 13.4. The van der Waals surface area contributed by atoms with Crippen LogP contribution >= 0.6 is 0 Å². The summed E-state index contributed by atoms with van der Waals surface area (Å²) in [7, 11) is 1.52. The normalized spacial score (nSPS) is 11.1. The third-order valence-electron chi connectivity index (χ3n) is 4.17. The highest BCUT2D eigenvalue weighted by Gasteiger charge is 2.20. The standard InChI is InChI=1S/C20H19N3O5/c1-3-28-16-10-12(8-9-15(16)24)11-21-22-19(26)17-18(25)13-6-4-5-7-14(13)23(2)20(17)27/h4-11,24-25H,3H2,1-2H3,(H,22,26)/b21-11+. The van der Waals surface area contributed by atoms with Crippen molar-refractivity contribution in [3.63, 3.8) is 0 Å². The molecule has 3 aromatic rings. The number of nitrogens with zero attached hydrogens (tertiary/aromatic N) is 2. The SMILES string of the molecule is CCOc1cc(/C=N/NC(=O)c2c(O)c3ccccc3n(C)c2=O)ccc1O. The molecule has 3 rings (SSSR count). The van der Waals surface area contributed by atoms with Gasteiger partial charge in [0.05, 0.1) is 18.3 Å². The fourth-order valence-electron chi connectivity index (χ4n) is 2.79. The summed E-state index contributed by atoms with van der Waals surface area (Å²) in [4.78, 5) is 24.9. The molecule has 0 aliphatic rings. The number of carbonyl (C=O) groups is 1. The molecule has 3 N–H and O–H groups in total. The smallest absolute Gasteiger partial charge is 0.280 e. The van der Waals surface area contributed by atoms with Gasteiger partial charge in [-0.15, -0.1) is 0 Å². The number of amides is 1. The van der Waals surface area contributed by atoms with Gasteiger partial charge in [0.2, 0.25) is 0 Å². The second-order valence-electron chi connectivity index (χ2n) is 5.96. The van der Waals surface area contributed by atoms with E-state index in [4.69, 9.17) is 4.74 Å². The first-order valence-electron chi connectivity index (χ1n) is 8.54. The number of ether oxygens (including phenoxy) is 1. The Labute approximate surface area is 160 Å². The predicted molar refractivity (Wildman–Crippen MR) is 105 cm³/mol. The molecule has 0 bridgehead atoms.